The second-order valence-electron chi connectivity index (χ2n) is 5.60. The summed E-state index contributed by atoms with van der Waals surface area (Å²) in [6.45, 7) is 0.499. The summed E-state index contributed by atoms with van der Waals surface area (Å²) in [4.78, 5) is 6.37. The number of hydrogen-bond acceptors (Lipinski definition) is 5. The Kier molecular flexibility index (Phi) is 4.16. The van der Waals surface area contributed by atoms with Crippen molar-refractivity contribution in [2.24, 2.45) is 0 Å². The lowest BCUT2D eigenvalue weighted by molar-refractivity contribution is 0.197. The number of aromatic amines is 1. The smallest absolute Gasteiger partial charge is 0.217 e. The van der Waals surface area contributed by atoms with E-state index in [1.165, 1.54) is 0 Å². The number of hydrogen-bond donors (Lipinski definition) is 1. The van der Waals surface area contributed by atoms with Crippen molar-refractivity contribution in [1.82, 2.24) is 19.7 Å². The fourth-order valence-electron chi connectivity index (χ4n) is 2.64. The zero-order valence-electron chi connectivity index (χ0n) is 12.3. The fourth-order valence-corrected chi connectivity index (χ4v) is 4.64. The molecular weight excluding hydrogens is 320 g/mol. The Morgan fingerprint density at radius 2 is 2.14 bits per heavy atom. The van der Waals surface area contributed by atoms with Gasteiger partial charge in [-0.1, -0.05) is 30.3 Å². The van der Waals surface area contributed by atoms with Crippen LogP contribution in [0.1, 0.15) is 6.42 Å². The van der Waals surface area contributed by atoms with Crippen LogP contribution in [0.4, 0.5) is 0 Å². The van der Waals surface area contributed by atoms with Crippen LogP contribution in [-0.4, -0.2) is 52.7 Å². The third kappa shape index (κ3) is 3.29. The Bertz CT molecular complexity index is 811. The molecule has 2 heterocycles. The van der Waals surface area contributed by atoms with Crippen molar-refractivity contribution in [3.05, 3.63) is 35.1 Å². The van der Waals surface area contributed by atoms with E-state index in [1.807, 2.05) is 42.3 Å². The zero-order chi connectivity index (χ0) is 15.7. The van der Waals surface area contributed by atoms with Gasteiger partial charge in [-0.05, 0) is 25.7 Å². The fraction of sp³-hybridized carbons (Fsp3) is 0.429. The van der Waals surface area contributed by atoms with E-state index in [9.17, 15) is 8.42 Å². The van der Waals surface area contributed by atoms with E-state index in [0.29, 0.717) is 17.9 Å². The number of H-pyrrole nitrogens is 1. The molecule has 1 aliphatic rings. The SMILES string of the molecule is CN(Cn1[nH]c(-c2ccccc2)nc1=S)[C@H]1CCS(=O)(=O)C1. The molecule has 1 aromatic carbocycles. The molecule has 8 heteroatoms. The molecule has 1 N–H and O–H groups in total. The maximum atomic E-state index is 11.6. The van der Waals surface area contributed by atoms with Gasteiger partial charge in [0.25, 0.3) is 0 Å². The first-order valence-electron chi connectivity index (χ1n) is 7.07. The lowest BCUT2D eigenvalue weighted by atomic mass is 10.2. The van der Waals surface area contributed by atoms with Crippen molar-refractivity contribution in [2.75, 3.05) is 18.6 Å². The molecule has 1 saturated heterocycles. The molecule has 0 bridgehead atoms. The quantitative estimate of drug-likeness (QED) is 0.859. The average molecular weight is 338 g/mol. The molecule has 118 valence electrons. The Morgan fingerprint density at radius 1 is 1.41 bits per heavy atom. The molecule has 1 fully saturated rings. The molecule has 2 aromatic rings. The van der Waals surface area contributed by atoms with E-state index in [0.717, 1.165) is 11.4 Å². The molecule has 1 aromatic heterocycles. The van der Waals surface area contributed by atoms with Gasteiger partial charge in [0.05, 0.1) is 18.2 Å². The van der Waals surface area contributed by atoms with E-state index >= 15 is 0 Å². The Labute approximate surface area is 134 Å². The summed E-state index contributed by atoms with van der Waals surface area (Å²) in [5.41, 5.74) is 0.971. The second-order valence-corrected chi connectivity index (χ2v) is 8.20. The minimum Gasteiger partial charge on any atom is -0.283 e. The van der Waals surface area contributed by atoms with Crippen LogP contribution >= 0.6 is 12.2 Å². The Hall–Kier alpha value is -1.51. The summed E-state index contributed by atoms with van der Waals surface area (Å²) in [5.74, 6) is 1.21. The molecule has 0 radical (unpaired) electrons. The van der Waals surface area contributed by atoms with Crippen LogP contribution < -0.4 is 0 Å². The van der Waals surface area contributed by atoms with Crippen LogP contribution in [0.15, 0.2) is 30.3 Å². The summed E-state index contributed by atoms with van der Waals surface area (Å²) in [6, 6.07) is 9.80. The van der Waals surface area contributed by atoms with E-state index in [4.69, 9.17) is 12.2 Å². The zero-order valence-corrected chi connectivity index (χ0v) is 13.9. The minimum absolute atomic E-state index is 0.0374. The number of nitrogens with one attached hydrogen (secondary N) is 1. The van der Waals surface area contributed by atoms with E-state index in [2.05, 4.69) is 10.1 Å². The first kappa shape index (κ1) is 15.4. The molecule has 0 spiro atoms. The minimum atomic E-state index is -2.88. The van der Waals surface area contributed by atoms with E-state index in [1.54, 1.807) is 4.68 Å². The van der Waals surface area contributed by atoms with Crippen LogP contribution in [0.3, 0.4) is 0 Å². The first-order chi connectivity index (χ1) is 10.4. The highest BCUT2D eigenvalue weighted by Crippen LogP contribution is 2.18. The van der Waals surface area contributed by atoms with Gasteiger partial charge in [-0.2, -0.15) is 4.98 Å². The van der Waals surface area contributed by atoms with Gasteiger partial charge in [0.1, 0.15) is 0 Å². The topological polar surface area (TPSA) is 71.0 Å². The number of aromatic nitrogens is 3. The van der Waals surface area contributed by atoms with Gasteiger partial charge in [-0.3, -0.25) is 10.00 Å². The van der Waals surface area contributed by atoms with Crippen LogP contribution in [0.5, 0.6) is 0 Å². The van der Waals surface area contributed by atoms with Crippen molar-refractivity contribution in [2.45, 2.75) is 19.1 Å². The van der Waals surface area contributed by atoms with Gasteiger partial charge in [0, 0.05) is 11.6 Å². The molecular formula is C14H18N4O2S2. The van der Waals surface area contributed by atoms with Crippen LogP contribution in [0.2, 0.25) is 0 Å². The molecule has 1 atom stereocenters. The predicted molar refractivity (Wildman–Crippen MR) is 87.7 cm³/mol. The summed E-state index contributed by atoms with van der Waals surface area (Å²) in [5, 5.41) is 3.18. The molecule has 0 unspecified atom stereocenters. The monoisotopic (exact) mass is 338 g/mol. The third-order valence-electron chi connectivity index (χ3n) is 3.92. The summed E-state index contributed by atoms with van der Waals surface area (Å²) in [6.07, 6.45) is 0.672. The Morgan fingerprint density at radius 3 is 2.77 bits per heavy atom. The standard InChI is InChI=1S/C14H18N4O2S2/c1-17(12-7-8-22(19,20)9-12)10-18-14(21)15-13(16-18)11-5-3-2-4-6-11/h2-6,12H,7-10H2,1H3,(H,15,16,21)/t12-/m0/s1. The van der Waals surface area contributed by atoms with Crippen molar-refractivity contribution < 1.29 is 8.42 Å². The van der Waals surface area contributed by atoms with Gasteiger partial charge < -0.3 is 0 Å². The lowest BCUT2D eigenvalue weighted by Crippen LogP contribution is -2.34. The Balaban J connectivity index is 1.76. The normalized spacial score (nSPS) is 20.5. The van der Waals surface area contributed by atoms with Crippen LogP contribution in [-0.2, 0) is 16.5 Å². The number of sulfone groups is 1. The van der Waals surface area contributed by atoms with Gasteiger partial charge in [0.2, 0.25) is 4.77 Å². The van der Waals surface area contributed by atoms with Crippen molar-refractivity contribution in [3.8, 4) is 11.4 Å². The van der Waals surface area contributed by atoms with Gasteiger partial charge in [-0.25, -0.2) is 13.1 Å². The van der Waals surface area contributed by atoms with Gasteiger partial charge >= 0.3 is 0 Å². The maximum Gasteiger partial charge on any atom is 0.217 e. The maximum absolute atomic E-state index is 11.6. The molecule has 0 amide bonds. The van der Waals surface area contributed by atoms with Crippen molar-refractivity contribution in [1.29, 1.82) is 0 Å². The van der Waals surface area contributed by atoms with Gasteiger partial charge in [0.15, 0.2) is 15.7 Å². The van der Waals surface area contributed by atoms with Crippen LogP contribution in [0, 0.1) is 4.77 Å². The predicted octanol–water partition coefficient (Wildman–Crippen LogP) is 1.68. The number of benzene rings is 1. The molecule has 3 rings (SSSR count). The summed E-state index contributed by atoms with van der Waals surface area (Å²) >= 11 is 5.29. The molecule has 22 heavy (non-hydrogen) atoms. The number of nitrogens with zero attached hydrogens (tertiary/aromatic N) is 3. The molecule has 1 aliphatic heterocycles. The molecule has 0 aliphatic carbocycles. The van der Waals surface area contributed by atoms with Crippen LogP contribution in [0.25, 0.3) is 11.4 Å². The first-order valence-corrected chi connectivity index (χ1v) is 9.30. The summed E-state index contributed by atoms with van der Waals surface area (Å²) < 4.78 is 25.4. The molecule has 6 nitrogen and oxygen atoms in total. The highest BCUT2D eigenvalue weighted by atomic mass is 32.2. The molecule has 0 saturated carbocycles. The van der Waals surface area contributed by atoms with E-state index in [-0.39, 0.29) is 17.5 Å². The van der Waals surface area contributed by atoms with Crippen molar-refractivity contribution >= 4 is 22.1 Å². The average Bonchev–Trinajstić information content (AvgIpc) is 3.03. The lowest BCUT2D eigenvalue weighted by Gasteiger charge is -2.22. The summed E-state index contributed by atoms with van der Waals surface area (Å²) in [7, 11) is -0.970. The number of rotatable bonds is 4. The van der Waals surface area contributed by atoms with Gasteiger partial charge in [-0.15, -0.1) is 0 Å². The highest BCUT2D eigenvalue weighted by Gasteiger charge is 2.30. The highest BCUT2D eigenvalue weighted by molar-refractivity contribution is 7.91. The second kappa shape index (κ2) is 5.94. The van der Waals surface area contributed by atoms with E-state index < -0.39 is 9.84 Å². The third-order valence-corrected chi connectivity index (χ3v) is 5.98. The van der Waals surface area contributed by atoms with Crippen molar-refractivity contribution in [3.63, 3.8) is 0 Å². The largest absolute Gasteiger partial charge is 0.283 e.